The number of hydrogen-bond donors (Lipinski definition) is 0. The maximum Gasteiger partial charge on any atom is 0.289 e. The van der Waals surface area contributed by atoms with Gasteiger partial charge in [0, 0.05) is 13.1 Å². The number of methoxy groups -OCH3 is 1. The molecule has 0 N–H and O–H groups in total. The monoisotopic (exact) mass is 396 g/mol. The van der Waals surface area contributed by atoms with Crippen LogP contribution < -0.4 is 4.74 Å². The minimum absolute atomic E-state index is 0.0285. The Morgan fingerprint density at radius 2 is 1.83 bits per heavy atom. The molecule has 2 saturated heterocycles. The number of carbonyl (C=O) groups is 1. The lowest BCUT2D eigenvalue weighted by atomic mass is 9.99. The van der Waals surface area contributed by atoms with Gasteiger partial charge in [-0.15, -0.1) is 0 Å². The van der Waals surface area contributed by atoms with E-state index in [1.807, 2.05) is 29.2 Å². The van der Waals surface area contributed by atoms with Crippen molar-refractivity contribution in [3.05, 3.63) is 53.5 Å². The molecule has 2 fully saturated rings. The molecular weight excluding hydrogens is 364 g/mol. The van der Waals surface area contributed by atoms with Gasteiger partial charge in [-0.1, -0.05) is 19.1 Å². The Balaban J connectivity index is 1.29. The first-order chi connectivity index (χ1) is 14.1. The summed E-state index contributed by atoms with van der Waals surface area (Å²) in [6.07, 6.45) is 4.52. The topological polar surface area (TPSA) is 45.9 Å². The van der Waals surface area contributed by atoms with Crippen molar-refractivity contribution in [3.63, 3.8) is 0 Å². The molecule has 2 aliphatic rings. The molecule has 1 unspecified atom stereocenters. The SMILES string of the molecule is COc1ccc(CC2CCN(C(=O)c3ccc(CN4CCC(C)CC4)o3)C2)cc1. The Morgan fingerprint density at radius 3 is 2.55 bits per heavy atom. The molecule has 5 nitrogen and oxygen atoms in total. The smallest absolute Gasteiger partial charge is 0.289 e. The summed E-state index contributed by atoms with van der Waals surface area (Å²) < 4.78 is 11.1. The molecule has 0 saturated carbocycles. The van der Waals surface area contributed by atoms with Crippen LogP contribution in [0.2, 0.25) is 0 Å². The summed E-state index contributed by atoms with van der Waals surface area (Å²) in [6.45, 7) is 6.96. The van der Waals surface area contributed by atoms with E-state index in [-0.39, 0.29) is 5.91 Å². The van der Waals surface area contributed by atoms with Gasteiger partial charge in [-0.2, -0.15) is 0 Å². The number of piperidine rings is 1. The summed E-state index contributed by atoms with van der Waals surface area (Å²) in [5.74, 6) is 3.61. The number of furan rings is 1. The summed E-state index contributed by atoms with van der Waals surface area (Å²) >= 11 is 0. The van der Waals surface area contributed by atoms with Gasteiger partial charge in [-0.05, 0) is 80.4 Å². The Kier molecular flexibility index (Phi) is 6.24. The van der Waals surface area contributed by atoms with E-state index in [4.69, 9.17) is 9.15 Å². The summed E-state index contributed by atoms with van der Waals surface area (Å²) in [5, 5.41) is 0. The lowest BCUT2D eigenvalue weighted by Crippen LogP contribution is -2.32. The number of amides is 1. The quantitative estimate of drug-likeness (QED) is 0.733. The molecule has 0 bridgehead atoms. The van der Waals surface area contributed by atoms with E-state index in [0.717, 1.165) is 63.0 Å². The molecule has 3 heterocycles. The molecule has 1 amide bonds. The predicted octanol–water partition coefficient (Wildman–Crippen LogP) is 4.22. The number of likely N-dealkylation sites (tertiary alicyclic amines) is 2. The zero-order valence-corrected chi connectivity index (χ0v) is 17.6. The Hall–Kier alpha value is -2.27. The van der Waals surface area contributed by atoms with Crippen LogP contribution in [-0.2, 0) is 13.0 Å². The van der Waals surface area contributed by atoms with Crippen molar-refractivity contribution < 1.29 is 13.9 Å². The molecular formula is C24H32N2O3. The number of hydrogen-bond acceptors (Lipinski definition) is 4. The fourth-order valence-electron chi connectivity index (χ4n) is 4.45. The fraction of sp³-hybridized carbons (Fsp3) is 0.542. The van der Waals surface area contributed by atoms with E-state index in [2.05, 4.69) is 24.0 Å². The maximum absolute atomic E-state index is 12.9. The van der Waals surface area contributed by atoms with Crippen LogP contribution in [-0.4, -0.2) is 49.0 Å². The van der Waals surface area contributed by atoms with Gasteiger partial charge in [0.1, 0.15) is 11.5 Å². The van der Waals surface area contributed by atoms with Crippen LogP contribution in [0, 0.1) is 11.8 Å². The summed E-state index contributed by atoms with van der Waals surface area (Å²) in [5.41, 5.74) is 1.29. The van der Waals surface area contributed by atoms with Crippen molar-refractivity contribution in [2.75, 3.05) is 33.3 Å². The molecule has 2 aliphatic heterocycles. The van der Waals surface area contributed by atoms with Crippen molar-refractivity contribution in [2.45, 2.75) is 39.2 Å². The number of nitrogens with zero attached hydrogens (tertiary/aromatic N) is 2. The van der Waals surface area contributed by atoms with Gasteiger partial charge in [0.05, 0.1) is 13.7 Å². The minimum Gasteiger partial charge on any atom is -0.497 e. The molecule has 1 aromatic carbocycles. The number of rotatable bonds is 6. The van der Waals surface area contributed by atoms with Crippen LogP contribution in [0.1, 0.15) is 48.1 Å². The van der Waals surface area contributed by atoms with Gasteiger partial charge in [0.15, 0.2) is 5.76 Å². The highest BCUT2D eigenvalue weighted by Crippen LogP contribution is 2.25. The van der Waals surface area contributed by atoms with Crippen LogP contribution in [0.4, 0.5) is 0 Å². The third kappa shape index (κ3) is 5.02. The standard InChI is InChI=1S/C24H32N2O3/c1-18-9-12-25(13-10-18)17-22-7-8-23(29-22)24(27)26-14-11-20(16-26)15-19-3-5-21(28-2)6-4-19/h3-8,18,20H,9-17H2,1-2H3. The number of carbonyl (C=O) groups excluding carboxylic acids is 1. The molecule has 4 rings (SSSR count). The summed E-state index contributed by atoms with van der Waals surface area (Å²) in [4.78, 5) is 17.2. The van der Waals surface area contributed by atoms with E-state index >= 15 is 0 Å². The van der Waals surface area contributed by atoms with Gasteiger partial charge in [-0.3, -0.25) is 9.69 Å². The lowest BCUT2D eigenvalue weighted by molar-refractivity contribution is 0.0750. The molecule has 29 heavy (non-hydrogen) atoms. The maximum atomic E-state index is 12.9. The zero-order chi connectivity index (χ0) is 20.2. The molecule has 1 aromatic heterocycles. The van der Waals surface area contributed by atoms with Gasteiger partial charge in [0.25, 0.3) is 5.91 Å². The van der Waals surface area contributed by atoms with Crippen molar-refractivity contribution in [3.8, 4) is 5.75 Å². The highest BCUT2D eigenvalue weighted by atomic mass is 16.5. The van der Waals surface area contributed by atoms with Crippen molar-refractivity contribution in [2.24, 2.45) is 11.8 Å². The second kappa shape index (κ2) is 9.04. The van der Waals surface area contributed by atoms with E-state index in [0.29, 0.717) is 11.7 Å². The largest absolute Gasteiger partial charge is 0.497 e. The van der Waals surface area contributed by atoms with E-state index in [1.54, 1.807) is 7.11 Å². The lowest BCUT2D eigenvalue weighted by Gasteiger charge is -2.29. The Bertz CT molecular complexity index is 806. The fourth-order valence-corrected chi connectivity index (χ4v) is 4.45. The van der Waals surface area contributed by atoms with Crippen molar-refractivity contribution in [1.29, 1.82) is 0 Å². The van der Waals surface area contributed by atoms with E-state index < -0.39 is 0 Å². The van der Waals surface area contributed by atoms with Crippen molar-refractivity contribution in [1.82, 2.24) is 9.80 Å². The zero-order valence-electron chi connectivity index (χ0n) is 17.6. The second-order valence-corrected chi connectivity index (χ2v) is 8.68. The first kappa shape index (κ1) is 20.0. The van der Waals surface area contributed by atoms with Gasteiger partial charge >= 0.3 is 0 Å². The molecule has 1 atom stereocenters. The number of ether oxygens (including phenoxy) is 1. The third-order valence-corrected chi connectivity index (χ3v) is 6.38. The first-order valence-electron chi connectivity index (χ1n) is 10.8. The van der Waals surface area contributed by atoms with Crippen LogP contribution in [0.25, 0.3) is 0 Å². The van der Waals surface area contributed by atoms with Crippen LogP contribution in [0.3, 0.4) is 0 Å². The van der Waals surface area contributed by atoms with E-state index in [1.165, 1.54) is 18.4 Å². The van der Waals surface area contributed by atoms with Crippen LogP contribution >= 0.6 is 0 Å². The molecule has 0 spiro atoms. The van der Waals surface area contributed by atoms with Crippen LogP contribution in [0.15, 0.2) is 40.8 Å². The highest BCUT2D eigenvalue weighted by molar-refractivity contribution is 5.91. The summed E-state index contributed by atoms with van der Waals surface area (Å²) in [7, 11) is 1.68. The molecule has 5 heteroatoms. The van der Waals surface area contributed by atoms with Crippen LogP contribution in [0.5, 0.6) is 5.75 Å². The number of benzene rings is 1. The molecule has 0 radical (unpaired) electrons. The van der Waals surface area contributed by atoms with E-state index in [9.17, 15) is 4.79 Å². The minimum atomic E-state index is 0.0285. The third-order valence-electron chi connectivity index (χ3n) is 6.38. The predicted molar refractivity (Wildman–Crippen MR) is 113 cm³/mol. The van der Waals surface area contributed by atoms with Crippen molar-refractivity contribution >= 4 is 5.91 Å². The Labute approximate surface area is 173 Å². The Morgan fingerprint density at radius 1 is 1.07 bits per heavy atom. The van der Waals surface area contributed by atoms with Gasteiger partial charge in [-0.25, -0.2) is 0 Å². The first-order valence-corrected chi connectivity index (χ1v) is 10.8. The average Bonchev–Trinajstić information content (AvgIpc) is 3.40. The second-order valence-electron chi connectivity index (χ2n) is 8.68. The van der Waals surface area contributed by atoms with Gasteiger partial charge < -0.3 is 14.1 Å². The van der Waals surface area contributed by atoms with Gasteiger partial charge in [0.2, 0.25) is 0 Å². The summed E-state index contributed by atoms with van der Waals surface area (Å²) in [6, 6.07) is 12.0. The normalized spacial score (nSPS) is 20.9. The molecule has 156 valence electrons. The average molecular weight is 397 g/mol. The molecule has 0 aliphatic carbocycles. The molecule has 2 aromatic rings. The highest BCUT2D eigenvalue weighted by Gasteiger charge is 2.29.